The van der Waals surface area contributed by atoms with Gasteiger partial charge in [-0.15, -0.1) is 0 Å². The second-order valence-corrected chi connectivity index (χ2v) is 17.9. The summed E-state index contributed by atoms with van der Waals surface area (Å²) in [5, 5.41) is 6.71. The molecule has 4 aromatic rings. The molecule has 308 valence electrons. The molecule has 8 rings (SSSR count). The molecule has 6 atom stereocenters. The van der Waals surface area contributed by atoms with Gasteiger partial charge >= 0.3 is 6.09 Å². The molecule has 12 nitrogen and oxygen atoms in total. The first-order chi connectivity index (χ1) is 28.0. The van der Waals surface area contributed by atoms with Crippen molar-refractivity contribution >= 4 is 17.9 Å². The average Bonchev–Trinajstić information content (AvgIpc) is 3.98. The molecule has 4 aliphatic rings. The second kappa shape index (κ2) is 16.7. The van der Waals surface area contributed by atoms with Crippen molar-refractivity contribution in [2.75, 3.05) is 20.2 Å². The minimum absolute atomic E-state index is 0.0143. The highest BCUT2D eigenvalue weighted by Crippen LogP contribution is 2.52. The van der Waals surface area contributed by atoms with Gasteiger partial charge in [0.2, 0.25) is 11.8 Å². The lowest BCUT2D eigenvalue weighted by Gasteiger charge is -2.37. The molecule has 0 aliphatic carbocycles. The first-order valence-corrected chi connectivity index (χ1v) is 21.6. The number of aromatic nitrogens is 4. The largest absolute Gasteiger partial charge is 0.453 e. The van der Waals surface area contributed by atoms with Crippen LogP contribution >= 0.6 is 0 Å². The van der Waals surface area contributed by atoms with Crippen molar-refractivity contribution in [3.63, 3.8) is 0 Å². The molecule has 6 unspecified atom stereocenters. The Kier molecular flexibility index (Phi) is 11.5. The van der Waals surface area contributed by atoms with Crippen molar-refractivity contribution < 1.29 is 19.1 Å². The number of carbonyl (C=O) groups excluding carboxylic acids is 3. The molecular weight excluding hydrogens is 729 g/mol. The monoisotopic (exact) mass is 788 g/mol. The fourth-order valence-corrected chi connectivity index (χ4v) is 10.0. The molecule has 3 fully saturated rings. The molecule has 2 bridgehead atoms. The van der Waals surface area contributed by atoms with Crippen LogP contribution in [0.25, 0.3) is 33.6 Å². The van der Waals surface area contributed by atoms with Crippen molar-refractivity contribution in [1.29, 1.82) is 0 Å². The second-order valence-electron chi connectivity index (χ2n) is 17.9. The van der Waals surface area contributed by atoms with Gasteiger partial charge in [0.15, 0.2) is 0 Å². The third kappa shape index (κ3) is 7.79. The highest BCUT2D eigenvalue weighted by atomic mass is 16.5. The number of fused-ring (bicyclic) bond motifs is 5. The number of hydrogen-bond acceptors (Lipinski definition) is 7. The molecule has 0 radical (unpaired) electrons. The van der Waals surface area contributed by atoms with E-state index >= 15 is 0 Å². The number of alkyl carbamates (subject to hydrolysis) is 1. The van der Waals surface area contributed by atoms with Crippen LogP contribution in [0.2, 0.25) is 0 Å². The number of nitrogens with one attached hydrogen (secondary N) is 4. The fourth-order valence-electron chi connectivity index (χ4n) is 10.0. The fraction of sp³-hybridized carbons (Fsp3) is 0.543. The van der Waals surface area contributed by atoms with Gasteiger partial charge in [0, 0.05) is 37.2 Å². The van der Waals surface area contributed by atoms with E-state index in [0.29, 0.717) is 24.8 Å². The summed E-state index contributed by atoms with van der Waals surface area (Å²) < 4.78 is 4.82. The Morgan fingerprint density at radius 2 is 1.34 bits per heavy atom. The van der Waals surface area contributed by atoms with Crippen LogP contribution in [-0.4, -0.2) is 73.9 Å². The molecule has 6 heterocycles. The molecule has 3 saturated heterocycles. The number of amides is 3. The molecule has 4 N–H and O–H groups in total. The molecule has 12 heteroatoms. The minimum Gasteiger partial charge on any atom is -0.453 e. The topological polar surface area (TPSA) is 148 Å². The van der Waals surface area contributed by atoms with E-state index in [1.165, 1.54) is 34.9 Å². The lowest BCUT2D eigenvalue weighted by Crippen LogP contribution is -2.53. The number of imidazole rings is 2. The lowest BCUT2D eigenvalue weighted by atomic mass is 9.88. The predicted molar refractivity (Wildman–Crippen MR) is 224 cm³/mol. The lowest BCUT2D eigenvalue weighted by molar-refractivity contribution is -0.138. The zero-order valence-electron chi connectivity index (χ0n) is 34.9. The number of piperidine rings is 3. The summed E-state index contributed by atoms with van der Waals surface area (Å²) in [5.74, 6) is 2.60. The van der Waals surface area contributed by atoms with Crippen molar-refractivity contribution in [3.05, 3.63) is 71.6 Å². The number of H-pyrrole nitrogens is 2. The Bertz CT molecular complexity index is 2120. The predicted octanol–water partition coefficient (Wildman–Crippen LogP) is 8.78. The van der Waals surface area contributed by atoms with Crippen LogP contribution in [0, 0.1) is 17.8 Å². The van der Waals surface area contributed by atoms with Crippen molar-refractivity contribution in [2.45, 2.75) is 123 Å². The molecule has 2 aromatic heterocycles. The quantitative estimate of drug-likeness (QED) is 0.126. The van der Waals surface area contributed by atoms with Crippen LogP contribution in [0.15, 0.2) is 48.8 Å². The molecule has 2 aromatic carbocycles. The van der Waals surface area contributed by atoms with E-state index in [0.717, 1.165) is 86.5 Å². The Morgan fingerprint density at radius 3 is 1.98 bits per heavy atom. The number of methoxy groups -OCH3 is 1. The van der Waals surface area contributed by atoms with Crippen LogP contribution in [0.5, 0.6) is 0 Å². The van der Waals surface area contributed by atoms with Gasteiger partial charge in [0.05, 0.1) is 43.0 Å². The Balaban J connectivity index is 1.05. The number of ether oxygens (including phenoxy) is 1. The number of hydrogen-bond donors (Lipinski definition) is 4. The molecule has 0 saturated carbocycles. The summed E-state index contributed by atoms with van der Waals surface area (Å²) in [7, 11) is 1.31. The SMILES string of the molecule is COC(=O)NC(C(=O)N1CCCCC1c1ncc(-c2ccc(-c3ccc(-c4cnc(C5CCCCN5C(=O)CC(C)C)[nH]4)c4c3C3CC(C)CC4N3)cc2)[nH]1)C(C)C. The van der Waals surface area contributed by atoms with Gasteiger partial charge < -0.3 is 35.1 Å². The van der Waals surface area contributed by atoms with Crippen LogP contribution < -0.4 is 10.6 Å². The molecule has 4 aliphatic heterocycles. The molecule has 0 spiro atoms. The van der Waals surface area contributed by atoms with E-state index in [1.54, 1.807) is 0 Å². The Hall–Kier alpha value is -4.97. The van der Waals surface area contributed by atoms with Gasteiger partial charge in [-0.3, -0.25) is 9.59 Å². The first kappa shape index (κ1) is 39.8. The zero-order valence-corrected chi connectivity index (χ0v) is 34.9. The van der Waals surface area contributed by atoms with Crippen LogP contribution in [-0.2, 0) is 14.3 Å². The highest BCUT2D eigenvalue weighted by Gasteiger charge is 2.41. The van der Waals surface area contributed by atoms with Crippen LogP contribution in [0.4, 0.5) is 4.79 Å². The minimum atomic E-state index is -0.681. The van der Waals surface area contributed by atoms with Gasteiger partial charge in [-0.05, 0) is 96.9 Å². The third-order valence-electron chi connectivity index (χ3n) is 12.9. The number of aromatic amines is 2. The molecule has 58 heavy (non-hydrogen) atoms. The van der Waals surface area contributed by atoms with Gasteiger partial charge in [0.25, 0.3) is 0 Å². The zero-order chi connectivity index (χ0) is 40.7. The van der Waals surface area contributed by atoms with Gasteiger partial charge in [0.1, 0.15) is 17.7 Å². The van der Waals surface area contributed by atoms with E-state index in [4.69, 9.17) is 14.7 Å². The normalized spacial score (nSPS) is 23.6. The maximum absolute atomic E-state index is 13.8. The summed E-state index contributed by atoms with van der Waals surface area (Å²) in [6.07, 6.45) is 11.7. The van der Waals surface area contributed by atoms with E-state index in [2.05, 4.69) is 82.7 Å². The van der Waals surface area contributed by atoms with Crippen molar-refractivity contribution in [1.82, 2.24) is 40.4 Å². The van der Waals surface area contributed by atoms with Crippen LogP contribution in [0.1, 0.15) is 139 Å². The maximum Gasteiger partial charge on any atom is 0.407 e. The van der Waals surface area contributed by atoms with E-state index in [1.807, 2.05) is 31.1 Å². The van der Waals surface area contributed by atoms with Crippen LogP contribution in [0.3, 0.4) is 0 Å². The molecular formula is C46H60N8O4. The highest BCUT2D eigenvalue weighted by molar-refractivity contribution is 5.86. The van der Waals surface area contributed by atoms with Gasteiger partial charge in [-0.1, -0.05) is 71.0 Å². The smallest absolute Gasteiger partial charge is 0.407 e. The average molecular weight is 789 g/mol. The summed E-state index contributed by atoms with van der Waals surface area (Å²) in [5.41, 5.74) is 9.31. The molecule has 3 amide bonds. The first-order valence-electron chi connectivity index (χ1n) is 21.6. The Labute approximate surface area is 342 Å². The summed E-state index contributed by atoms with van der Waals surface area (Å²) >= 11 is 0. The third-order valence-corrected chi connectivity index (χ3v) is 12.9. The van der Waals surface area contributed by atoms with Crippen molar-refractivity contribution in [3.8, 4) is 33.6 Å². The number of likely N-dealkylation sites (tertiary alicyclic amines) is 2. The summed E-state index contributed by atoms with van der Waals surface area (Å²) in [4.78, 5) is 60.1. The number of nitrogens with zero attached hydrogens (tertiary/aromatic N) is 4. The van der Waals surface area contributed by atoms with E-state index in [9.17, 15) is 14.4 Å². The number of carbonyl (C=O) groups is 3. The van der Waals surface area contributed by atoms with Gasteiger partial charge in [-0.25, -0.2) is 14.8 Å². The standard InChI is InChI=1S/C46H60N8O4/c1-26(2)21-39(55)53-19-9-7-11-37(53)43-48-25-36(51-43)32-18-17-31(40-33-22-28(5)23-34(49-33)41(32)40)29-13-15-30(16-14-29)35-24-47-44(50-35)38-12-8-10-20-54(38)45(56)42(27(3)4)52-46(57)58-6/h13-18,24-28,33-34,37-38,42,49H,7-12,19-23H2,1-6H3,(H,47,50)(H,48,51)(H,52,57). The maximum atomic E-state index is 13.8. The van der Waals surface area contributed by atoms with E-state index in [-0.39, 0.29) is 41.9 Å². The Morgan fingerprint density at radius 1 is 0.776 bits per heavy atom. The number of rotatable bonds is 10. The summed E-state index contributed by atoms with van der Waals surface area (Å²) in [6, 6.07) is 12.9. The van der Waals surface area contributed by atoms with Crippen molar-refractivity contribution in [2.24, 2.45) is 17.8 Å². The van der Waals surface area contributed by atoms with Gasteiger partial charge in [-0.2, -0.15) is 0 Å². The number of benzene rings is 2. The summed E-state index contributed by atoms with van der Waals surface area (Å²) in [6.45, 7) is 11.8. The van der Waals surface area contributed by atoms with E-state index < -0.39 is 12.1 Å².